The first-order valence-electron chi connectivity index (χ1n) is 8.95. The van der Waals surface area contributed by atoms with E-state index in [4.69, 9.17) is 24.7 Å². The number of ether oxygens (including phenoxy) is 4. The van der Waals surface area contributed by atoms with Gasteiger partial charge < -0.3 is 24.7 Å². The fraction of sp³-hybridized carbons (Fsp3) is 0.400. The number of methoxy groups -OCH3 is 2. The lowest BCUT2D eigenvalue weighted by atomic mass is 9.77. The molecule has 1 aliphatic heterocycles. The molecule has 0 unspecified atom stereocenters. The third-order valence-electron chi connectivity index (χ3n) is 4.76. The molecule has 28 heavy (non-hydrogen) atoms. The van der Waals surface area contributed by atoms with E-state index in [0.717, 1.165) is 3.57 Å². The Bertz CT molecular complexity index is 889. The Morgan fingerprint density at radius 3 is 2.71 bits per heavy atom. The topological polar surface area (TPSA) is 97.1 Å². The molecule has 1 aliphatic carbocycles. The molecular weight excluding hydrogens is 477 g/mol. The summed E-state index contributed by atoms with van der Waals surface area (Å²) in [6, 6.07) is 3.64. The second kappa shape index (κ2) is 8.42. The van der Waals surface area contributed by atoms with Crippen molar-refractivity contribution in [3.8, 4) is 11.5 Å². The summed E-state index contributed by atoms with van der Waals surface area (Å²) < 4.78 is 22.6. The van der Waals surface area contributed by atoms with Crippen LogP contribution in [-0.4, -0.2) is 32.6 Å². The molecule has 0 saturated heterocycles. The van der Waals surface area contributed by atoms with E-state index in [1.165, 1.54) is 7.11 Å². The molecule has 0 aromatic heterocycles. The minimum Gasteiger partial charge on any atom is -0.492 e. The number of hydrogen-bond donors (Lipinski definition) is 1. The number of carbonyl (C=O) groups excluding carboxylic acids is 2. The van der Waals surface area contributed by atoms with Crippen molar-refractivity contribution in [3.05, 3.63) is 44.1 Å². The summed E-state index contributed by atoms with van der Waals surface area (Å²) in [6.45, 7) is 2.31. The van der Waals surface area contributed by atoms with Crippen molar-refractivity contribution in [1.82, 2.24) is 0 Å². The molecule has 0 saturated carbocycles. The molecule has 8 heteroatoms. The maximum absolute atomic E-state index is 12.8. The lowest BCUT2D eigenvalue weighted by Gasteiger charge is -2.32. The fourth-order valence-corrected chi connectivity index (χ4v) is 4.46. The van der Waals surface area contributed by atoms with E-state index in [9.17, 15) is 9.59 Å². The number of halogens is 1. The van der Waals surface area contributed by atoms with Crippen LogP contribution in [0.4, 0.5) is 0 Å². The van der Waals surface area contributed by atoms with Gasteiger partial charge in [0.2, 0.25) is 5.88 Å². The molecule has 0 radical (unpaired) electrons. The monoisotopic (exact) mass is 499 g/mol. The highest BCUT2D eigenvalue weighted by Gasteiger charge is 2.41. The van der Waals surface area contributed by atoms with Crippen molar-refractivity contribution in [1.29, 1.82) is 0 Å². The zero-order chi connectivity index (χ0) is 20.4. The smallest absolute Gasteiger partial charge is 0.340 e. The Kier molecular flexibility index (Phi) is 6.17. The van der Waals surface area contributed by atoms with Crippen LogP contribution in [0.3, 0.4) is 0 Å². The minimum atomic E-state index is -0.678. The van der Waals surface area contributed by atoms with Crippen LogP contribution < -0.4 is 15.2 Å². The molecule has 2 aliphatic rings. The van der Waals surface area contributed by atoms with Crippen LogP contribution in [0.15, 0.2) is 34.9 Å². The summed E-state index contributed by atoms with van der Waals surface area (Å²) in [4.78, 5) is 25.3. The number of rotatable bonds is 5. The van der Waals surface area contributed by atoms with Crippen LogP contribution in [0.5, 0.6) is 11.5 Å². The van der Waals surface area contributed by atoms with E-state index in [0.29, 0.717) is 54.3 Å². The molecular formula is C20H22INO6. The molecule has 150 valence electrons. The second-order valence-corrected chi connectivity index (χ2v) is 7.55. The molecule has 2 N–H and O–H groups in total. The molecule has 1 aromatic carbocycles. The molecule has 3 rings (SSSR count). The van der Waals surface area contributed by atoms with Crippen LogP contribution in [0.1, 0.15) is 37.7 Å². The summed E-state index contributed by atoms with van der Waals surface area (Å²) in [5, 5.41) is 0. The molecule has 0 bridgehead atoms. The SMILES string of the molecule is CCOc1cc([C@@H]2C(C(=O)OC)=C(N)OC3=C2C(=O)CCC3)cc(I)c1OC. The molecule has 1 heterocycles. The highest BCUT2D eigenvalue weighted by Crippen LogP contribution is 2.46. The third kappa shape index (κ3) is 3.57. The van der Waals surface area contributed by atoms with Crippen molar-refractivity contribution in [2.24, 2.45) is 5.73 Å². The second-order valence-electron chi connectivity index (χ2n) is 6.39. The van der Waals surface area contributed by atoms with Gasteiger partial charge in [-0.25, -0.2) is 4.79 Å². The first-order chi connectivity index (χ1) is 13.4. The van der Waals surface area contributed by atoms with Gasteiger partial charge in [0.1, 0.15) is 11.3 Å². The van der Waals surface area contributed by atoms with Crippen LogP contribution in [0.25, 0.3) is 0 Å². The summed E-state index contributed by atoms with van der Waals surface area (Å²) in [6.07, 6.45) is 1.69. The van der Waals surface area contributed by atoms with Crippen molar-refractivity contribution in [2.75, 3.05) is 20.8 Å². The Labute approximate surface area is 177 Å². The normalized spacial score (nSPS) is 19.1. The van der Waals surface area contributed by atoms with Gasteiger partial charge in [0.15, 0.2) is 17.3 Å². The van der Waals surface area contributed by atoms with E-state index >= 15 is 0 Å². The number of esters is 1. The molecule has 1 aromatic rings. The van der Waals surface area contributed by atoms with E-state index in [1.807, 2.05) is 13.0 Å². The van der Waals surface area contributed by atoms with Gasteiger partial charge >= 0.3 is 5.97 Å². The van der Waals surface area contributed by atoms with Gasteiger partial charge in [-0.3, -0.25) is 4.79 Å². The van der Waals surface area contributed by atoms with Crippen LogP contribution >= 0.6 is 22.6 Å². The Morgan fingerprint density at radius 2 is 2.07 bits per heavy atom. The molecule has 0 fully saturated rings. The number of carbonyl (C=O) groups is 2. The highest BCUT2D eigenvalue weighted by molar-refractivity contribution is 14.1. The number of allylic oxidation sites excluding steroid dienone is 2. The molecule has 1 atom stereocenters. The number of nitrogens with two attached hydrogens (primary N) is 1. The zero-order valence-electron chi connectivity index (χ0n) is 16.0. The van der Waals surface area contributed by atoms with Crippen molar-refractivity contribution in [3.63, 3.8) is 0 Å². The van der Waals surface area contributed by atoms with Crippen LogP contribution in [0, 0.1) is 3.57 Å². The van der Waals surface area contributed by atoms with Crippen LogP contribution in [-0.2, 0) is 19.1 Å². The summed E-state index contributed by atoms with van der Waals surface area (Å²) >= 11 is 2.14. The van der Waals surface area contributed by atoms with Gasteiger partial charge in [0.05, 0.1) is 30.3 Å². The highest BCUT2D eigenvalue weighted by atomic mass is 127. The predicted octanol–water partition coefficient (Wildman–Crippen LogP) is 3.16. The lowest BCUT2D eigenvalue weighted by molar-refractivity contribution is -0.136. The predicted molar refractivity (Wildman–Crippen MR) is 110 cm³/mol. The average Bonchev–Trinajstić information content (AvgIpc) is 2.66. The average molecular weight is 499 g/mol. The third-order valence-corrected chi connectivity index (χ3v) is 5.56. The number of benzene rings is 1. The van der Waals surface area contributed by atoms with E-state index in [-0.39, 0.29) is 17.2 Å². The quantitative estimate of drug-likeness (QED) is 0.491. The first kappa shape index (κ1) is 20.5. The summed E-state index contributed by atoms with van der Waals surface area (Å²) in [5.41, 5.74) is 7.36. The Morgan fingerprint density at radius 1 is 1.32 bits per heavy atom. The number of ketones is 1. The van der Waals surface area contributed by atoms with Gasteiger partial charge in [-0.05, 0) is 53.6 Å². The first-order valence-corrected chi connectivity index (χ1v) is 10.0. The van der Waals surface area contributed by atoms with Gasteiger partial charge in [0, 0.05) is 18.4 Å². The van der Waals surface area contributed by atoms with Gasteiger partial charge in [-0.1, -0.05) is 0 Å². The summed E-state index contributed by atoms with van der Waals surface area (Å²) in [5.74, 6) is 0.262. The van der Waals surface area contributed by atoms with Crippen LogP contribution in [0.2, 0.25) is 0 Å². The largest absolute Gasteiger partial charge is 0.492 e. The fourth-order valence-electron chi connectivity index (χ4n) is 3.61. The van der Waals surface area contributed by atoms with Crippen molar-refractivity contribution < 1.29 is 28.5 Å². The standard InChI is InChI=1S/C20H22INO6/c1-4-27-14-9-10(8-11(21)18(14)25-2)15-16-12(23)6-5-7-13(16)28-19(22)17(15)20(24)26-3/h8-9,15H,4-7,22H2,1-3H3/t15-/m0/s1. The van der Waals surface area contributed by atoms with Crippen molar-refractivity contribution in [2.45, 2.75) is 32.1 Å². The van der Waals surface area contributed by atoms with Crippen molar-refractivity contribution >= 4 is 34.3 Å². The minimum absolute atomic E-state index is 0.0333. The number of Topliss-reactive ketones (excluding diaryl/α,β-unsaturated/α-hetero) is 1. The lowest BCUT2D eigenvalue weighted by Crippen LogP contribution is -2.31. The summed E-state index contributed by atoms with van der Waals surface area (Å²) in [7, 11) is 2.84. The van der Waals surface area contributed by atoms with Gasteiger partial charge in [0.25, 0.3) is 0 Å². The van der Waals surface area contributed by atoms with Gasteiger partial charge in [-0.2, -0.15) is 0 Å². The van der Waals surface area contributed by atoms with E-state index in [2.05, 4.69) is 22.6 Å². The van der Waals surface area contributed by atoms with E-state index in [1.54, 1.807) is 13.2 Å². The molecule has 0 amide bonds. The number of hydrogen-bond acceptors (Lipinski definition) is 7. The maximum atomic E-state index is 12.8. The molecule has 7 nitrogen and oxygen atoms in total. The Balaban J connectivity index is 2.24. The van der Waals surface area contributed by atoms with Gasteiger partial charge in [-0.15, -0.1) is 0 Å². The zero-order valence-corrected chi connectivity index (χ0v) is 18.1. The molecule has 0 spiro atoms. The Hall–Kier alpha value is -2.23. The maximum Gasteiger partial charge on any atom is 0.340 e. The van der Waals surface area contributed by atoms with E-state index < -0.39 is 11.9 Å².